The first-order valence-electron chi connectivity index (χ1n) is 10.8. The van der Waals surface area contributed by atoms with Crippen molar-refractivity contribution in [3.05, 3.63) is 11.6 Å². The molecule has 3 aliphatic carbocycles. The lowest BCUT2D eigenvalue weighted by Crippen LogP contribution is -2.46. The van der Waals surface area contributed by atoms with Gasteiger partial charge in [0.05, 0.1) is 0 Å². The molecule has 3 aliphatic rings. The minimum Gasteiger partial charge on any atom is -0.385 e. The van der Waals surface area contributed by atoms with E-state index in [4.69, 9.17) is 9.47 Å². The van der Waals surface area contributed by atoms with Crippen LogP contribution in [0.2, 0.25) is 0 Å². The Balaban J connectivity index is 1.75. The summed E-state index contributed by atoms with van der Waals surface area (Å²) >= 11 is 0. The second kappa shape index (κ2) is 8.57. The third-order valence-corrected chi connectivity index (χ3v) is 8.29. The van der Waals surface area contributed by atoms with Crippen LogP contribution in [0.4, 0.5) is 0 Å². The number of rotatable bonds is 7. The maximum absolute atomic E-state index is 5.44. The highest BCUT2D eigenvalue weighted by molar-refractivity contribution is 5.22. The van der Waals surface area contributed by atoms with Gasteiger partial charge in [0.1, 0.15) is 0 Å². The Morgan fingerprint density at radius 3 is 2.52 bits per heavy atom. The Morgan fingerprint density at radius 1 is 1.00 bits per heavy atom. The predicted octanol–water partition coefficient (Wildman–Crippen LogP) is 5.86. The minimum atomic E-state index is 0.520. The van der Waals surface area contributed by atoms with E-state index in [1.165, 1.54) is 57.8 Å². The molecule has 2 heteroatoms. The summed E-state index contributed by atoms with van der Waals surface area (Å²) in [6.45, 7) is 6.72. The quantitative estimate of drug-likeness (QED) is 0.423. The van der Waals surface area contributed by atoms with Crippen LogP contribution in [-0.2, 0) is 9.47 Å². The normalized spacial score (nSPS) is 42.4. The fourth-order valence-electron chi connectivity index (χ4n) is 7.10. The summed E-state index contributed by atoms with van der Waals surface area (Å²) in [4.78, 5) is 0. The lowest BCUT2D eigenvalue weighted by molar-refractivity contribution is -0.0376. The molecule has 2 nitrogen and oxygen atoms in total. The summed E-state index contributed by atoms with van der Waals surface area (Å²) in [5, 5.41) is 0. The zero-order chi connectivity index (χ0) is 17.9. The van der Waals surface area contributed by atoms with Crippen LogP contribution in [0.3, 0.4) is 0 Å². The van der Waals surface area contributed by atoms with E-state index in [0.717, 1.165) is 42.8 Å². The molecule has 6 atom stereocenters. The van der Waals surface area contributed by atoms with Crippen LogP contribution in [0, 0.1) is 35.0 Å². The molecule has 0 aromatic heterocycles. The third kappa shape index (κ3) is 3.72. The van der Waals surface area contributed by atoms with Crippen LogP contribution in [-0.4, -0.2) is 27.4 Å². The molecule has 0 heterocycles. The number of fused-ring (bicyclic) bond motifs is 3. The summed E-state index contributed by atoms with van der Waals surface area (Å²) in [6.07, 6.45) is 14.9. The van der Waals surface area contributed by atoms with E-state index in [2.05, 4.69) is 19.9 Å². The molecular weight excluding hydrogens is 308 g/mol. The lowest BCUT2D eigenvalue weighted by atomic mass is 9.51. The topological polar surface area (TPSA) is 18.5 Å². The average Bonchev–Trinajstić information content (AvgIpc) is 2.97. The maximum Gasteiger partial charge on any atom is 0.0465 e. The van der Waals surface area contributed by atoms with E-state index < -0.39 is 0 Å². The lowest BCUT2D eigenvalue weighted by Gasteiger charge is -2.54. The van der Waals surface area contributed by atoms with E-state index >= 15 is 0 Å². The van der Waals surface area contributed by atoms with Gasteiger partial charge in [0, 0.05) is 27.4 Å². The molecule has 25 heavy (non-hydrogen) atoms. The summed E-state index contributed by atoms with van der Waals surface area (Å²) in [5.74, 6) is 4.67. The smallest absolute Gasteiger partial charge is 0.0465 e. The van der Waals surface area contributed by atoms with Gasteiger partial charge in [-0.15, -0.1) is 0 Å². The summed E-state index contributed by atoms with van der Waals surface area (Å²) in [5.41, 5.74) is 2.29. The van der Waals surface area contributed by atoms with Crippen molar-refractivity contribution in [2.45, 2.75) is 71.6 Å². The van der Waals surface area contributed by atoms with Gasteiger partial charge in [-0.3, -0.25) is 0 Å². The fraction of sp³-hybridized carbons (Fsp3) is 0.913. The molecule has 0 bridgehead atoms. The molecule has 0 amide bonds. The van der Waals surface area contributed by atoms with Crippen molar-refractivity contribution in [2.24, 2.45) is 35.0 Å². The zero-order valence-electron chi connectivity index (χ0n) is 17.1. The van der Waals surface area contributed by atoms with Crippen LogP contribution in [0.25, 0.3) is 0 Å². The van der Waals surface area contributed by atoms with Crippen molar-refractivity contribution in [1.82, 2.24) is 0 Å². The number of hydrogen-bond donors (Lipinski definition) is 0. The number of allylic oxidation sites excluding steroid dienone is 2. The van der Waals surface area contributed by atoms with Gasteiger partial charge in [-0.25, -0.2) is 0 Å². The van der Waals surface area contributed by atoms with E-state index in [9.17, 15) is 0 Å². The Kier molecular flexibility index (Phi) is 6.65. The van der Waals surface area contributed by atoms with Crippen LogP contribution >= 0.6 is 0 Å². The van der Waals surface area contributed by atoms with E-state index in [1.807, 2.05) is 14.2 Å². The van der Waals surface area contributed by atoms with Crippen molar-refractivity contribution in [2.75, 3.05) is 27.4 Å². The van der Waals surface area contributed by atoms with Gasteiger partial charge in [-0.05, 0) is 99.7 Å². The number of ether oxygens (including phenoxy) is 2. The Morgan fingerprint density at radius 2 is 1.80 bits per heavy atom. The molecule has 0 N–H and O–H groups in total. The number of methoxy groups -OCH3 is 2. The molecule has 144 valence electrons. The second-order valence-corrected chi connectivity index (χ2v) is 9.16. The molecule has 0 radical (unpaired) electrons. The van der Waals surface area contributed by atoms with Gasteiger partial charge in [0.25, 0.3) is 0 Å². The Hall–Kier alpha value is -0.340. The molecule has 3 fully saturated rings. The fourth-order valence-corrected chi connectivity index (χ4v) is 7.10. The van der Waals surface area contributed by atoms with Crippen molar-refractivity contribution in [3.8, 4) is 0 Å². The second-order valence-electron chi connectivity index (χ2n) is 9.16. The average molecular weight is 349 g/mol. The van der Waals surface area contributed by atoms with Crippen molar-refractivity contribution >= 4 is 0 Å². The summed E-state index contributed by atoms with van der Waals surface area (Å²) < 4.78 is 10.8. The van der Waals surface area contributed by atoms with Crippen LogP contribution in [0.15, 0.2) is 11.6 Å². The Bertz CT molecular complexity index is 457. The SMILES string of the molecule is C/C=C1/CC[C@H]2[C@@H]3CC[C@@H](CCOC)C(CCCOC)[C@H]3CC[C@]12C. The highest BCUT2D eigenvalue weighted by Gasteiger charge is 2.54. The maximum atomic E-state index is 5.44. The first-order chi connectivity index (χ1) is 12.2. The Labute approximate surface area is 155 Å². The van der Waals surface area contributed by atoms with Gasteiger partial charge in [-0.1, -0.05) is 18.6 Å². The van der Waals surface area contributed by atoms with Gasteiger partial charge in [0.2, 0.25) is 0 Å². The van der Waals surface area contributed by atoms with Gasteiger partial charge in [-0.2, -0.15) is 0 Å². The third-order valence-electron chi connectivity index (χ3n) is 8.29. The zero-order valence-corrected chi connectivity index (χ0v) is 17.1. The van der Waals surface area contributed by atoms with Crippen LogP contribution in [0.5, 0.6) is 0 Å². The molecule has 3 rings (SSSR count). The van der Waals surface area contributed by atoms with Crippen molar-refractivity contribution in [3.63, 3.8) is 0 Å². The minimum absolute atomic E-state index is 0.520. The van der Waals surface area contributed by atoms with E-state index in [-0.39, 0.29) is 0 Å². The van der Waals surface area contributed by atoms with Crippen LogP contribution in [0.1, 0.15) is 71.6 Å². The largest absolute Gasteiger partial charge is 0.385 e. The predicted molar refractivity (Wildman–Crippen MR) is 105 cm³/mol. The molecular formula is C23H40O2. The number of hydrogen-bond acceptors (Lipinski definition) is 2. The van der Waals surface area contributed by atoms with Gasteiger partial charge >= 0.3 is 0 Å². The van der Waals surface area contributed by atoms with Crippen LogP contribution < -0.4 is 0 Å². The van der Waals surface area contributed by atoms with E-state index in [1.54, 1.807) is 5.57 Å². The van der Waals surface area contributed by atoms with Crippen molar-refractivity contribution in [1.29, 1.82) is 0 Å². The molecule has 3 saturated carbocycles. The highest BCUT2D eigenvalue weighted by Crippen LogP contribution is 2.63. The highest BCUT2D eigenvalue weighted by atomic mass is 16.5. The monoisotopic (exact) mass is 348 g/mol. The van der Waals surface area contributed by atoms with Gasteiger partial charge in [0.15, 0.2) is 0 Å². The molecule has 1 unspecified atom stereocenters. The van der Waals surface area contributed by atoms with E-state index in [0.29, 0.717) is 5.41 Å². The first-order valence-corrected chi connectivity index (χ1v) is 10.8. The molecule has 0 saturated heterocycles. The molecule has 0 aromatic rings. The van der Waals surface area contributed by atoms with Gasteiger partial charge < -0.3 is 9.47 Å². The first kappa shape index (κ1) is 19.4. The standard InChI is InChI=1S/C23H40O2/c1-5-18-9-11-22-21-10-8-17(13-16-25-4)19(7-6-15-24-3)20(21)12-14-23(18,22)2/h5,17,19-22H,6-16H2,1-4H3/b18-5-/t17-,19?,20+,21+,22-,23+/m0/s1. The summed E-state index contributed by atoms with van der Waals surface area (Å²) in [7, 11) is 3.70. The van der Waals surface area contributed by atoms with Crippen molar-refractivity contribution < 1.29 is 9.47 Å². The summed E-state index contributed by atoms with van der Waals surface area (Å²) in [6, 6.07) is 0. The molecule has 0 spiro atoms. The molecule has 0 aromatic carbocycles. The molecule has 0 aliphatic heterocycles.